The fraction of sp³-hybridized carbons (Fsp3) is 0.444. The molecule has 3 heterocycles. The van der Waals surface area contributed by atoms with E-state index in [-0.39, 0.29) is 17.9 Å². The van der Waals surface area contributed by atoms with E-state index in [1.807, 2.05) is 52.3 Å². The maximum atomic E-state index is 12.9. The summed E-state index contributed by atoms with van der Waals surface area (Å²) < 4.78 is 5.99. The van der Waals surface area contributed by atoms with Crippen LogP contribution in [0.2, 0.25) is 0 Å². The van der Waals surface area contributed by atoms with E-state index in [0.29, 0.717) is 69.5 Å². The Morgan fingerprint density at radius 3 is 1.89 bits per heavy atom. The molecule has 0 saturated carbocycles. The lowest BCUT2D eigenvalue weighted by Crippen LogP contribution is -2.64. The molecule has 0 unspecified atom stereocenters. The van der Waals surface area contributed by atoms with Gasteiger partial charge in [-0.05, 0) is 36.4 Å². The molecule has 3 fully saturated rings. The topological polar surface area (TPSA) is 93.6 Å². The number of benzene rings is 2. The molecule has 0 bridgehead atoms. The van der Waals surface area contributed by atoms with Crippen LogP contribution in [0.15, 0.2) is 54.6 Å². The van der Waals surface area contributed by atoms with Gasteiger partial charge >= 0.3 is 6.09 Å². The summed E-state index contributed by atoms with van der Waals surface area (Å²) in [5.74, 6) is 0.800. The van der Waals surface area contributed by atoms with Gasteiger partial charge < -0.3 is 24.5 Å². The number of nitrogens with zero attached hydrogens (tertiary/aromatic N) is 4. The number of hydrogen-bond donors (Lipinski definition) is 1. The summed E-state index contributed by atoms with van der Waals surface area (Å²) in [7, 11) is 0. The van der Waals surface area contributed by atoms with Crippen LogP contribution in [0.3, 0.4) is 0 Å². The third-order valence-corrected chi connectivity index (χ3v) is 7.40. The van der Waals surface area contributed by atoms with E-state index >= 15 is 0 Å². The van der Waals surface area contributed by atoms with Crippen LogP contribution in [0.4, 0.5) is 4.79 Å². The van der Waals surface area contributed by atoms with Gasteiger partial charge in [0.1, 0.15) is 11.9 Å². The first kappa shape index (κ1) is 24.1. The summed E-state index contributed by atoms with van der Waals surface area (Å²) in [6, 6.07) is 17.0. The SMILES string of the molecule is O=C(O)N1CCC(Oc2ccc(C(=O)N3CC(N4CCN(C(=O)c5ccccc5)CC4)C3)cc2)CC1. The highest BCUT2D eigenvalue weighted by Crippen LogP contribution is 2.23. The van der Waals surface area contributed by atoms with Crippen LogP contribution in [-0.2, 0) is 0 Å². The molecule has 36 heavy (non-hydrogen) atoms. The fourth-order valence-electron chi connectivity index (χ4n) is 5.12. The van der Waals surface area contributed by atoms with Crippen LogP contribution in [0.1, 0.15) is 33.6 Å². The lowest BCUT2D eigenvalue weighted by atomic mass is 10.0. The van der Waals surface area contributed by atoms with Crippen molar-refractivity contribution in [2.24, 2.45) is 0 Å². The van der Waals surface area contributed by atoms with E-state index in [4.69, 9.17) is 9.84 Å². The molecule has 5 rings (SSSR count). The fourth-order valence-corrected chi connectivity index (χ4v) is 5.12. The summed E-state index contributed by atoms with van der Waals surface area (Å²) in [5, 5.41) is 9.06. The average Bonchev–Trinajstić information content (AvgIpc) is 2.89. The highest BCUT2D eigenvalue weighted by atomic mass is 16.5. The van der Waals surface area contributed by atoms with Gasteiger partial charge in [0.05, 0.1) is 0 Å². The van der Waals surface area contributed by atoms with Crippen LogP contribution < -0.4 is 4.74 Å². The first-order valence-electron chi connectivity index (χ1n) is 12.6. The van der Waals surface area contributed by atoms with Crippen molar-refractivity contribution in [3.8, 4) is 5.75 Å². The molecule has 2 aromatic rings. The first-order valence-corrected chi connectivity index (χ1v) is 12.6. The second-order valence-electron chi connectivity index (χ2n) is 9.67. The highest BCUT2D eigenvalue weighted by molar-refractivity contribution is 5.95. The number of carbonyl (C=O) groups is 3. The van der Waals surface area contributed by atoms with Crippen molar-refractivity contribution in [1.29, 1.82) is 0 Å². The molecule has 3 amide bonds. The molecule has 0 spiro atoms. The Morgan fingerprint density at radius 1 is 0.694 bits per heavy atom. The van der Waals surface area contributed by atoms with Crippen LogP contribution in [-0.4, -0.2) is 107 Å². The Hall–Kier alpha value is -3.59. The number of carboxylic acid groups (broad SMARTS) is 1. The Morgan fingerprint density at radius 2 is 1.28 bits per heavy atom. The Balaban J connectivity index is 1.05. The van der Waals surface area contributed by atoms with Crippen LogP contribution in [0.5, 0.6) is 5.75 Å². The highest BCUT2D eigenvalue weighted by Gasteiger charge is 2.37. The lowest BCUT2D eigenvalue weighted by Gasteiger charge is -2.48. The van der Waals surface area contributed by atoms with Gasteiger partial charge in [-0.15, -0.1) is 0 Å². The zero-order chi connectivity index (χ0) is 25.1. The van der Waals surface area contributed by atoms with Crippen LogP contribution in [0, 0.1) is 0 Å². The van der Waals surface area contributed by atoms with Gasteiger partial charge in [0.2, 0.25) is 0 Å². The second-order valence-corrected chi connectivity index (χ2v) is 9.67. The van der Waals surface area contributed by atoms with E-state index in [2.05, 4.69) is 4.90 Å². The van der Waals surface area contributed by atoms with Crippen molar-refractivity contribution in [3.63, 3.8) is 0 Å². The van der Waals surface area contributed by atoms with Gasteiger partial charge in [0, 0.05) is 82.4 Å². The minimum atomic E-state index is -0.884. The van der Waals surface area contributed by atoms with Gasteiger partial charge in [0.15, 0.2) is 0 Å². The third kappa shape index (κ3) is 5.31. The van der Waals surface area contributed by atoms with Crippen molar-refractivity contribution < 1.29 is 24.2 Å². The van der Waals surface area contributed by atoms with Gasteiger partial charge in [-0.3, -0.25) is 14.5 Å². The Kier molecular flexibility index (Phi) is 7.09. The molecule has 0 radical (unpaired) electrons. The van der Waals surface area contributed by atoms with E-state index in [1.54, 1.807) is 12.1 Å². The van der Waals surface area contributed by atoms with Gasteiger partial charge in [0.25, 0.3) is 11.8 Å². The van der Waals surface area contributed by atoms with Crippen molar-refractivity contribution in [2.75, 3.05) is 52.4 Å². The molecule has 1 N–H and O–H groups in total. The maximum absolute atomic E-state index is 12.9. The molecule has 9 nitrogen and oxygen atoms in total. The van der Waals surface area contributed by atoms with Gasteiger partial charge in [-0.25, -0.2) is 4.79 Å². The number of rotatable bonds is 5. The summed E-state index contributed by atoms with van der Waals surface area (Å²) in [6.45, 7) is 5.41. The summed E-state index contributed by atoms with van der Waals surface area (Å²) in [4.78, 5) is 44.2. The number of carbonyl (C=O) groups excluding carboxylic acids is 2. The molecular weight excluding hydrogens is 460 g/mol. The number of piperidine rings is 1. The number of amides is 3. The minimum Gasteiger partial charge on any atom is -0.490 e. The molecule has 2 aromatic carbocycles. The minimum absolute atomic E-state index is 0.0123. The number of hydrogen-bond acceptors (Lipinski definition) is 5. The third-order valence-electron chi connectivity index (χ3n) is 7.40. The molecule has 190 valence electrons. The molecule has 3 aliphatic rings. The Labute approximate surface area is 210 Å². The summed E-state index contributed by atoms with van der Waals surface area (Å²) in [6.07, 6.45) is 0.430. The first-order chi connectivity index (χ1) is 17.5. The zero-order valence-electron chi connectivity index (χ0n) is 20.3. The van der Waals surface area contributed by atoms with Crippen molar-refractivity contribution in [2.45, 2.75) is 25.0 Å². The Bertz CT molecular complexity index is 1070. The lowest BCUT2D eigenvalue weighted by molar-refractivity contribution is 0.00853. The zero-order valence-corrected chi connectivity index (χ0v) is 20.3. The normalized spacial score (nSPS) is 19.6. The quantitative estimate of drug-likeness (QED) is 0.690. The summed E-state index contributed by atoms with van der Waals surface area (Å²) in [5.41, 5.74) is 1.37. The predicted octanol–water partition coefficient (Wildman–Crippen LogP) is 2.49. The van der Waals surface area contributed by atoms with Crippen molar-refractivity contribution >= 4 is 17.9 Å². The predicted molar refractivity (Wildman–Crippen MR) is 133 cm³/mol. The van der Waals surface area contributed by atoms with Crippen LogP contribution >= 0.6 is 0 Å². The number of piperazine rings is 1. The van der Waals surface area contributed by atoms with Crippen LogP contribution in [0.25, 0.3) is 0 Å². The largest absolute Gasteiger partial charge is 0.490 e. The van der Waals surface area contributed by atoms with Gasteiger partial charge in [-0.2, -0.15) is 0 Å². The molecule has 3 aliphatic heterocycles. The molecule has 0 aromatic heterocycles. The second kappa shape index (κ2) is 10.6. The van der Waals surface area contributed by atoms with E-state index < -0.39 is 6.09 Å². The molecule has 3 saturated heterocycles. The number of ether oxygens (including phenoxy) is 1. The van der Waals surface area contributed by atoms with E-state index in [9.17, 15) is 14.4 Å². The number of likely N-dealkylation sites (tertiary alicyclic amines) is 2. The standard InChI is InChI=1S/C27H32N4O5/c32-25(20-4-2-1-3-5-20)29-16-14-28(15-17-29)22-18-31(19-22)26(33)21-6-8-23(9-7-21)36-24-10-12-30(13-11-24)27(34)35/h1-9,22,24H,10-19H2,(H,34,35). The maximum Gasteiger partial charge on any atom is 0.407 e. The average molecular weight is 493 g/mol. The molecule has 0 aliphatic carbocycles. The van der Waals surface area contributed by atoms with Gasteiger partial charge in [-0.1, -0.05) is 18.2 Å². The van der Waals surface area contributed by atoms with Crippen molar-refractivity contribution in [3.05, 3.63) is 65.7 Å². The molecule has 0 atom stereocenters. The smallest absolute Gasteiger partial charge is 0.407 e. The van der Waals surface area contributed by atoms with E-state index in [1.165, 1.54) is 4.90 Å². The molecule has 9 heteroatoms. The van der Waals surface area contributed by atoms with E-state index in [0.717, 1.165) is 18.7 Å². The monoisotopic (exact) mass is 492 g/mol. The summed E-state index contributed by atoms with van der Waals surface area (Å²) >= 11 is 0. The van der Waals surface area contributed by atoms with Crippen molar-refractivity contribution in [1.82, 2.24) is 19.6 Å². The molecular formula is C27H32N4O5.